The predicted molar refractivity (Wildman–Crippen MR) is 89.9 cm³/mol. The van der Waals surface area contributed by atoms with Crippen molar-refractivity contribution in [2.75, 3.05) is 26.9 Å². The smallest absolute Gasteiger partial charge is 0.410 e. The summed E-state index contributed by atoms with van der Waals surface area (Å²) in [7, 11) is 1.63. The van der Waals surface area contributed by atoms with Gasteiger partial charge >= 0.3 is 6.09 Å². The third-order valence-electron chi connectivity index (χ3n) is 4.72. The predicted octanol–water partition coefficient (Wildman–Crippen LogP) is 2.79. The molecule has 2 unspecified atom stereocenters. The Kier molecular flexibility index (Phi) is 6.63. The van der Waals surface area contributed by atoms with Crippen molar-refractivity contribution in [2.24, 2.45) is 5.92 Å². The first-order valence-electron chi connectivity index (χ1n) is 8.92. The number of rotatable bonds is 7. The molecule has 6 nitrogen and oxygen atoms in total. The van der Waals surface area contributed by atoms with Gasteiger partial charge in [-0.25, -0.2) is 4.79 Å². The second-order valence-electron chi connectivity index (χ2n) is 7.76. The highest BCUT2D eigenvalue weighted by Gasteiger charge is 2.46. The molecule has 2 heterocycles. The molecule has 0 N–H and O–H groups in total. The molecule has 2 aliphatic rings. The third kappa shape index (κ3) is 5.18. The molecule has 0 aromatic rings. The number of ether oxygens (including phenoxy) is 3. The molecule has 2 atom stereocenters. The van der Waals surface area contributed by atoms with Gasteiger partial charge in [-0.05, 0) is 46.5 Å². The lowest BCUT2D eigenvalue weighted by Gasteiger charge is -2.39. The Morgan fingerprint density at radius 2 is 1.67 bits per heavy atom. The van der Waals surface area contributed by atoms with E-state index in [0.717, 1.165) is 25.7 Å². The van der Waals surface area contributed by atoms with Crippen LogP contribution in [0.15, 0.2) is 0 Å². The summed E-state index contributed by atoms with van der Waals surface area (Å²) in [6.07, 6.45) is 3.67. The number of nitrogens with zero attached hydrogens (tertiary/aromatic N) is 1. The lowest BCUT2D eigenvalue weighted by molar-refractivity contribution is -0.126. The van der Waals surface area contributed by atoms with E-state index in [-0.39, 0.29) is 29.9 Å². The molecule has 1 amide bonds. The summed E-state index contributed by atoms with van der Waals surface area (Å²) in [5, 5.41) is 0. The number of carbonyl (C=O) groups is 2. The van der Waals surface area contributed by atoms with Gasteiger partial charge in [0, 0.05) is 31.5 Å². The van der Waals surface area contributed by atoms with Crippen LogP contribution >= 0.6 is 0 Å². The number of ketones is 1. The Bertz CT molecular complexity index is 431. The quantitative estimate of drug-likeness (QED) is 0.666. The van der Waals surface area contributed by atoms with Gasteiger partial charge in [0.15, 0.2) is 0 Å². The van der Waals surface area contributed by atoms with Gasteiger partial charge in [-0.15, -0.1) is 0 Å². The van der Waals surface area contributed by atoms with Crippen LogP contribution in [0.3, 0.4) is 0 Å². The first kappa shape index (κ1) is 19.2. The molecule has 24 heavy (non-hydrogen) atoms. The molecule has 0 aromatic carbocycles. The maximum Gasteiger partial charge on any atom is 0.410 e. The van der Waals surface area contributed by atoms with Gasteiger partial charge in [0.25, 0.3) is 0 Å². The van der Waals surface area contributed by atoms with E-state index in [1.165, 1.54) is 0 Å². The summed E-state index contributed by atoms with van der Waals surface area (Å²) >= 11 is 0. The Balaban J connectivity index is 1.81. The number of fused-ring (bicyclic) bond motifs is 2. The number of hydrogen-bond acceptors (Lipinski definition) is 5. The molecule has 6 heteroatoms. The van der Waals surface area contributed by atoms with E-state index in [1.54, 1.807) is 7.11 Å². The number of amides is 1. The summed E-state index contributed by atoms with van der Waals surface area (Å²) in [5.74, 6) is 0.306. The van der Waals surface area contributed by atoms with Crippen molar-refractivity contribution >= 4 is 11.9 Å². The van der Waals surface area contributed by atoms with Crippen LogP contribution in [-0.2, 0) is 19.0 Å². The average molecular weight is 341 g/mol. The number of Topliss-reactive ketones (excluding diaryl/α,β-unsaturated/α-hetero) is 1. The highest BCUT2D eigenvalue weighted by molar-refractivity contribution is 5.82. The minimum atomic E-state index is -0.483. The monoisotopic (exact) mass is 341 g/mol. The molecule has 2 rings (SSSR count). The fraction of sp³-hybridized carbons (Fsp3) is 0.889. The highest BCUT2D eigenvalue weighted by Crippen LogP contribution is 2.40. The topological polar surface area (TPSA) is 65.1 Å². The van der Waals surface area contributed by atoms with Crippen molar-refractivity contribution in [2.45, 2.75) is 70.6 Å². The molecule has 0 aliphatic carbocycles. The zero-order chi connectivity index (χ0) is 17.7. The lowest BCUT2D eigenvalue weighted by Crippen LogP contribution is -2.49. The van der Waals surface area contributed by atoms with E-state index in [9.17, 15) is 9.59 Å². The molecule has 2 saturated heterocycles. The van der Waals surface area contributed by atoms with Crippen molar-refractivity contribution in [1.29, 1.82) is 0 Å². The van der Waals surface area contributed by atoms with Crippen molar-refractivity contribution in [3.8, 4) is 0 Å². The third-order valence-corrected chi connectivity index (χ3v) is 4.72. The zero-order valence-corrected chi connectivity index (χ0v) is 15.4. The molecular weight excluding hydrogens is 310 g/mol. The Hall–Kier alpha value is -1.14. The van der Waals surface area contributed by atoms with Gasteiger partial charge in [-0.2, -0.15) is 0 Å². The van der Waals surface area contributed by atoms with Gasteiger partial charge in [0.1, 0.15) is 11.4 Å². The minimum absolute atomic E-state index is 0.0483. The molecule has 0 spiro atoms. The average Bonchev–Trinajstić information content (AvgIpc) is 2.75. The molecule has 2 fully saturated rings. The summed E-state index contributed by atoms with van der Waals surface area (Å²) in [5.41, 5.74) is -0.483. The van der Waals surface area contributed by atoms with E-state index >= 15 is 0 Å². The summed E-state index contributed by atoms with van der Waals surface area (Å²) in [4.78, 5) is 26.7. The van der Waals surface area contributed by atoms with E-state index in [0.29, 0.717) is 26.2 Å². The molecule has 0 saturated carbocycles. The van der Waals surface area contributed by atoms with Crippen molar-refractivity contribution in [3.05, 3.63) is 0 Å². The second-order valence-corrected chi connectivity index (χ2v) is 7.76. The van der Waals surface area contributed by atoms with Crippen LogP contribution in [0.2, 0.25) is 0 Å². The van der Waals surface area contributed by atoms with Gasteiger partial charge < -0.3 is 19.1 Å². The molecule has 2 aliphatic heterocycles. The minimum Gasteiger partial charge on any atom is -0.444 e. The van der Waals surface area contributed by atoms with Gasteiger partial charge in [0.2, 0.25) is 0 Å². The Morgan fingerprint density at radius 1 is 1.04 bits per heavy atom. The van der Waals surface area contributed by atoms with Gasteiger partial charge in [-0.3, -0.25) is 4.79 Å². The molecule has 138 valence electrons. The van der Waals surface area contributed by atoms with Crippen LogP contribution in [0, 0.1) is 5.92 Å². The summed E-state index contributed by atoms with van der Waals surface area (Å²) in [6.45, 7) is 7.16. The number of methoxy groups -OCH3 is 1. The van der Waals surface area contributed by atoms with Gasteiger partial charge in [-0.1, -0.05) is 0 Å². The standard InChI is InChI=1S/C18H31NO5/c1-18(2,3)24-17(21)19-14-5-6-15(19)12-13(11-14)16(20)7-8-23-10-9-22-4/h13-15H,5-12H2,1-4H3. The summed E-state index contributed by atoms with van der Waals surface area (Å²) in [6, 6.07) is 0.281. The fourth-order valence-electron chi connectivity index (χ4n) is 3.67. The van der Waals surface area contributed by atoms with E-state index in [4.69, 9.17) is 14.2 Å². The molecule has 2 bridgehead atoms. The Morgan fingerprint density at radius 3 is 2.21 bits per heavy atom. The molecular formula is C18H31NO5. The van der Waals surface area contributed by atoms with Crippen LogP contribution in [0.4, 0.5) is 4.79 Å². The van der Waals surface area contributed by atoms with Crippen LogP contribution in [0.1, 0.15) is 52.9 Å². The first-order chi connectivity index (χ1) is 11.3. The lowest BCUT2D eigenvalue weighted by atomic mass is 9.86. The molecule has 0 radical (unpaired) electrons. The second kappa shape index (κ2) is 8.30. The molecule has 0 aromatic heterocycles. The van der Waals surface area contributed by atoms with Crippen molar-refractivity contribution in [1.82, 2.24) is 4.90 Å². The number of hydrogen-bond donors (Lipinski definition) is 0. The van der Waals surface area contributed by atoms with Crippen LogP contribution < -0.4 is 0 Å². The highest BCUT2D eigenvalue weighted by atomic mass is 16.6. The maximum absolute atomic E-state index is 12.4. The van der Waals surface area contributed by atoms with Crippen molar-refractivity contribution in [3.63, 3.8) is 0 Å². The van der Waals surface area contributed by atoms with Crippen molar-refractivity contribution < 1.29 is 23.8 Å². The van der Waals surface area contributed by atoms with Crippen LogP contribution in [0.25, 0.3) is 0 Å². The van der Waals surface area contributed by atoms with Crippen LogP contribution in [-0.4, -0.2) is 61.4 Å². The largest absolute Gasteiger partial charge is 0.444 e. The van der Waals surface area contributed by atoms with Crippen LogP contribution in [0.5, 0.6) is 0 Å². The summed E-state index contributed by atoms with van der Waals surface area (Å²) < 4.78 is 15.8. The SMILES string of the molecule is COCCOCCC(=O)C1CC2CCC(C1)N2C(=O)OC(C)(C)C. The Labute approximate surface area is 144 Å². The number of piperidine rings is 1. The van der Waals surface area contributed by atoms with E-state index < -0.39 is 5.60 Å². The zero-order valence-electron chi connectivity index (χ0n) is 15.4. The maximum atomic E-state index is 12.4. The first-order valence-corrected chi connectivity index (χ1v) is 8.92. The number of carbonyl (C=O) groups excluding carboxylic acids is 2. The van der Waals surface area contributed by atoms with Gasteiger partial charge in [0.05, 0.1) is 19.8 Å². The van der Waals surface area contributed by atoms with E-state index in [1.807, 2.05) is 25.7 Å². The fourth-order valence-corrected chi connectivity index (χ4v) is 3.67. The van der Waals surface area contributed by atoms with E-state index in [2.05, 4.69) is 0 Å². The normalized spacial score (nSPS) is 26.5.